The third-order valence-electron chi connectivity index (χ3n) is 4.75. The van der Waals surface area contributed by atoms with Crippen molar-refractivity contribution in [2.24, 2.45) is 0 Å². The Bertz CT molecular complexity index is 982. The van der Waals surface area contributed by atoms with Crippen molar-refractivity contribution in [2.45, 2.75) is 39.3 Å². The van der Waals surface area contributed by atoms with Crippen LogP contribution in [0.25, 0.3) is 11.4 Å². The van der Waals surface area contributed by atoms with Crippen molar-refractivity contribution in [2.75, 3.05) is 6.54 Å². The first kappa shape index (κ1) is 17.5. The highest BCUT2D eigenvalue weighted by molar-refractivity contribution is 5.54. The summed E-state index contributed by atoms with van der Waals surface area (Å²) < 4.78 is 0. The summed E-state index contributed by atoms with van der Waals surface area (Å²) in [4.78, 5) is 35.3. The predicted molar refractivity (Wildman–Crippen MR) is 102 cm³/mol. The zero-order valence-electron chi connectivity index (χ0n) is 15.5. The normalized spacial score (nSPS) is 14.3. The molecule has 0 spiro atoms. The number of hydrogen-bond acceptors (Lipinski definition) is 6. The fourth-order valence-corrected chi connectivity index (χ4v) is 3.28. The highest BCUT2D eigenvalue weighted by Gasteiger charge is 2.21. The van der Waals surface area contributed by atoms with Crippen LogP contribution in [0.15, 0.2) is 41.7 Å². The lowest BCUT2D eigenvalue weighted by molar-refractivity contribution is 0.240. The Hall–Kier alpha value is -2.93. The Morgan fingerprint density at radius 3 is 2.63 bits per heavy atom. The fourth-order valence-electron chi connectivity index (χ4n) is 3.28. The maximum Gasteiger partial charge on any atom is 0.254 e. The Balaban J connectivity index is 1.55. The number of H-pyrrole nitrogens is 1. The molecule has 0 saturated heterocycles. The number of nitrogens with zero attached hydrogens (tertiary/aromatic N) is 5. The third kappa shape index (κ3) is 3.78. The molecule has 27 heavy (non-hydrogen) atoms. The number of fused-ring (bicyclic) bond motifs is 1. The van der Waals surface area contributed by atoms with Gasteiger partial charge in [0.1, 0.15) is 11.6 Å². The van der Waals surface area contributed by atoms with Gasteiger partial charge in [-0.05, 0) is 18.6 Å². The van der Waals surface area contributed by atoms with E-state index >= 15 is 0 Å². The van der Waals surface area contributed by atoms with E-state index in [9.17, 15) is 4.79 Å². The molecule has 138 valence electrons. The van der Waals surface area contributed by atoms with Crippen LogP contribution in [0, 0.1) is 0 Å². The highest BCUT2D eigenvalue weighted by atomic mass is 16.1. The van der Waals surface area contributed by atoms with Crippen molar-refractivity contribution in [3.8, 4) is 11.4 Å². The SMILES string of the molecule is CC(C)c1ncc(CN2CCc3c(nc(-c4ccncc4)[nH]c3=O)C2)cn1. The van der Waals surface area contributed by atoms with E-state index in [0.29, 0.717) is 24.7 Å². The standard InChI is InChI=1S/C20H22N6O/c1-13(2)18-22-9-14(10-23-18)11-26-8-5-16-17(12-26)24-19(25-20(16)27)15-3-6-21-7-4-15/h3-4,6-7,9-10,13H,5,8,11-12H2,1-2H3,(H,24,25,27). The van der Waals surface area contributed by atoms with Gasteiger partial charge in [0.2, 0.25) is 0 Å². The Morgan fingerprint density at radius 2 is 1.93 bits per heavy atom. The summed E-state index contributed by atoms with van der Waals surface area (Å²) in [6.07, 6.45) is 7.87. The summed E-state index contributed by atoms with van der Waals surface area (Å²) in [6, 6.07) is 3.69. The molecular weight excluding hydrogens is 340 g/mol. The van der Waals surface area contributed by atoms with Crippen molar-refractivity contribution in [3.05, 3.63) is 69.9 Å². The monoisotopic (exact) mass is 362 g/mol. The summed E-state index contributed by atoms with van der Waals surface area (Å²) in [7, 11) is 0. The summed E-state index contributed by atoms with van der Waals surface area (Å²) in [6.45, 7) is 6.37. The van der Waals surface area contributed by atoms with Crippen LogP contribution in [-0.2, 0) is 19.5 Å². The molecule has 4 rings (SSSR count). The van der Waals surface area contributed by atoms with Crippen molar-refractivity contribution >= 4 is 0 Å². The van der Waals surface area contributed by atoms with Gasteiger partial charge in [0, 0.05) is 67.0 Å². The van der Waals surface area contributed by atoms with Crippen LogP contribution in [0.4, 0.5) is 0 Å². The van der Waals surface area contributed by atoms with E-state index in [1.165, 1.54) is 0 Å². The van der Waals surface area contributed by atoms with Gasteiger partial charge in [-0.3, -0.25) is 14.7 Å². The van der Waals surface area contributed by atoms with E-state index in [1.807, 2.05) is 24.5 Å². The Kier molecular flexibility index (Phi) is 4.77. The molecule has 0 radical (unpaired) electrons. The number of nitrogens with one attached hydrogen (secondary N) is 1. The smallest absolute Gasteiger partial charge is 0.254 e. The van der Waals surface area contributed by atoms with Crippen LogP contribution in [0.3, 0.4) is 0 Å². The van der Waals surface area contributed by atoms with Crippen LogP contribution in [0.1, 0.15) is 42.4 Å². The van der Waals surface area contributed by atoms with Crippen LogP contribution < -0.4 is 5.56 Å². The molecule has 0 atom stereocenters. The van der Waals surface area contributed by atoms with Gasteiger partial charge in [-0.25, -0.2) is 15.0 Å². The van der Waals surface area contributed by atoms with Crippen molar-refractivity contribution in [3.63, 3.8) is 0 Å². The molecule has 0 saturated carbocycles. The molecule has 0 aliphatic carbocycles. The van der Waals surface area contributed by atoms with Gasteiger partial charge in [0.15, 0.2) is 0 Å². The Morgan fingerprint density at radius 1 is 1.19 bits per heavy atom. The largest absolute Gasteiger partial charge is 0.306 e. The number of aromatic amines is 1. The second-order valence-electron chi connectivity index (χ2n) is 7.14. The van der Waals surface area contributed by atoms with E-state index < -0.39 is 0 Å². The number of pyridine rings is 1. The van der Waals surface area contributed by atoms with Gasteiger partial charge in [0.25, 0.3) is 5.56 Å². The molecule has 0 amide bonds. The van der Waals surface area contributed by atoms with E-state index in [-0.39, 0.29) is 5.56 Å². The van der Waals surface area contributed by atoms with Crippen LogP contribution in [0.5, 0.6) is 0 Å². The van der Waals surface area contributed by atoms with Gasteiger partial charge in [0.05, 0.1) is 5.69 Å². The third-order valence-corrected chi connectivity index (χ3v) is 4.75. The van der Waals surface area contributed by atoms with E-state index in [4.69, 9.17) is 4.98 Å². The van der Waals surface area contributed by atoms with E-state index in [1.54, 1.807) is 12.4 Å². The Labute approximate surface area is 157 Å². The minimum absolute atomic E-state index is 0.0453. The molecule has 3 aromatic rings. The molecule has 0 unspecified atom stereocenters. The number of rotatable bonds is 4. The second kappa shape index (κ2) is 7.36. The topological polar surface area (TPSA) is 87.7 Å². The van der Waals surface area contributed by atoms with Crippen molar-refractivity contribution < 1.29 is 0 Å². The number of aromatic nitrogens is 5. The summed E-state index contributed by atoms with van der Waals surface area (Å²) in [5.41, 5.74) is 3.52. The average Bonchev–Trinajstić information content (AvgIpc) is 2.69. The molecule has 1 N–H and O–H groups in total. The van der Waals surface area contributed by atoms with E-state index in [0.717, 1.165) is 41.3 Å². The molecule has 7 nitrogen and oxygen atoms in total. The van der Waals surface area contributed by atoms with Gasteiger partial charge in [-0.2, -0.15) is 0 Å². The highest BCUT2D eigenvalue weighted by Crippen LogP contribution is 2.19. The predicted octanol–water partition coefficient (Wildman–Crippen LogP) is 2.30. The first-order valence-electron chi connectivity index (χ1n) is 9.16. The average molecular weight is 362 g/mol. The molecular formula is C20H22N6O. The maximum atomic E-state index is 12.5. The zero-order valence-corrected chi connectivity index (χ0v) is 15.5. The molecule has 3 aromatic heterocycles. The molecule has 0 bridgehead atoms. The molecule has 0 fully saturated rings. The zero-order chi connectivity index (χ0) is 18.8. The van der Waals surface area contributed by atoms with Gasteiger partial charge in [-0.1, -0.05) is 13.8 Å². The molecule has 1 aliphatic heterocycles. The maximum absolute atomic E-state index is 12.5. The lowest BCUT2D eigenvalue weighted by Gasteiger charge is -2.27. The summed E-state index contributed by atoms with van der Waals surface area (Å²) in [5.74, 6) is 1.77. The van der Waals surface area contributed by atoms with Gasteiger partial charge < -0.3 is 4.98 Å². The minimum Gasteiger partial charge on any atom is -0.306 e. The first-order chi connectivity index (χ1) is 13.1. The van der Waals surface area contributed by atoms with Gasteiger partial charge in [-0.15, -0.1) is 0 Å². The summed E-state index contributed by atoms with van der Waals surface area (Å²) >= 11 is 0. The summed E-state index contributed by atoms with van der Waals surface area (Å²) in [5, 5.41) is 0. The van der Waals surface area contributed by atoms with Crippen molar-refractivity contribution in [1.29, 1.82) is 0 Å². The molecule has 4 heterocycles. The first-order valence-corrected chi connectivity index (χ1v) is 9.16. The van der Waals surface area contributed by atoms with Crippen LogP contribution in [0.2, 0.25) is 0 Å². The number of hydrogen-bond donors (Lipinski definition) is 1. The lowest BCUT2D eigenvalue weighted by atomic mass is 10.1. The minimum atomic E-state index is -0.0453. The van der Waals surface area contributed by atoms with Crippen molar-refractivity contribution in [1.82, 2.24) is 29.8 Å². The fraction of sp³-hybridized carbons (Fsp3) is 0.350. The van der Waals surface area contributed by atoms with Crippen LogP contribution in [-0.4, -0.2) is 36.4 Å². The quantitative estimate of drug-likeness (QED) is 0.766. The van der Waals surface area contributed by atoms with Crippen LogP contribution >= 0.6 is 0 Å². The lowest BCUT2D eigenvalue weighted by Crippen LogP contribution is -2.35. The molecule has 1 aliphatic rings. The molecule has 0 aromatic carbocycles. The molecule has 7 heteroatoms. The van der Waals surface area contributed by atoms with Gasteiger partial charge >= 0.3 is 0 Å². The van der Waals surface area contributed by atoms with E-state index in [2.05, 4.69) is 38.7 Å². The second-order valence-corrected chi connectivity index (χ2v) is 7.14.